The second kappa shape index (κ2) is 10.8. The second-order valence-electron chi connectivity index (χ2n) is 7.46. The Kier molecular flexibility index (Phi) is 8.05. The molecule has 0 radical (unpaired) electrons. The number of hydrogen-bond acceptors (Lipinski definition) is 5. The van der Waals surface area contributed by atoms with Crippen LogP contribution in [0.4, 0.5) is 11.4 Å². The highest BCUT2D eigenvalue weighted by Gasteiger charge is 2.27. The van der Waals surface area contributed by atoms with E-state index in [0.717, 1.165) is 20.3 Å². The molecule has 0 spiro atoms. The summed E-state index contributed by atoms with van der Waals surface area (Å²) >= 11 is 1.53. The number of carbonyl (C=O) groups excluding carboxylic acids is 1. The fraction of sp³-hybridized carbons (Fsp3) is 0.240. The first-order valence-corrected chi connectivity index (χ1v) is 13.2. The van der Waals surface area contributed by atoms with E-state index in [1.165, 1.54) is 11.8 Å². The van der Waals surface area contributed by atoms with E-state index >= 15 is 0 Å². The van der Waals surface area contributed by atoms with Crippen molar-refractivity contribution in [2.45, 2.75) is 30.6 Å². The van der Waals surface area contributed by atoms with Gasteiger partial charge in [0, 0.05) is 10.6 Å². The molecule has 3 aromatic carbocycles. The van der Waals surface area contributed by atoms with E-state index in [1.807, 2.05) is 39.2 Å². The number of nitrogens with zero attached hydrogens (tertiary/aromatic N) is 1. The molecular formula is C25H28N2O4S2. The summed E-state index contributed by atoms with van der Waals surface area (Å²) in [7, 11) is -3.98. The number of nitrogens with one attached hydrogen (secondary N) is 1. The molecule has 0 heterocycles. The molecule has 0 saturated heterocycles. The minimum atomic E-state index is -3.98. The zero-order valence-corrected chi connectivity index (χ0v) is 20.8. The van der Waals surface area contributed by atoms with Crippen LogP contribution < -0.4 is 14.4 Å². The summed E-state index contributed by atoms with van der Waals surface area (Å²) in [4.78, 5) is 14.0. The van der Waals surface area contributed by atoms with Gasteiger partial charge in [-0.3, -0.25) is 9.10 Å². The zero-order chi connectivity index (χ0) is 24.0. The lowest BCUT2D eigenvalue weighted by molar-refractivity contribution is -0.114. The van der Waals surface area contributed by atoms with E-state index in [-0.39, 0.29) is 11.4 Å². The number of amides is 1. The molecule has 0 atom stereocenters. The Morgan fingerprint density at radius 1 is 0.970 bits per heavy atom. The maximum Gasteiger partial charge on any atom is 0.264 e. The van der Waals surface area contributed by atoms with Crippen molar-refractivity contribution in [3.8, 4) is 5.75 Å². The molecule has 33 heavy (non-hydrogen) atoms. The minimum Gasteiger partial charge on any atom is -0.494 e. The van der Waals surface area contributed by atoms with Crippen molar-refractivity contribution in [3.63, 3.8) is 0 Å². The van der Waals surface area contributed by atoms with Crippen LogP contribution in [0.5, 0.6) is 5.75 Å². The average Bonchev–Trinajstić information content (AvgIpc) is 2.81. The predicted molar refractivity (Wildman–Crippen MR) is 135 cm³/mol. The SMILES string of the molecule is CCOc1ccc(N(CC(=O)Nc2ccc(C)c(C)c2)S(=O)(=O)c2ccc(SC)cc2)cc1. The number of sulfonamides is 1. The van der Waals surface area contributed by atoms with Gasteiger partial charge in [0.05, 0.1) is 17.2 Å². The van der Waals surface area contributed by atoms with Crippen LogP contribution in [0.25, 0.3) is 0 Å². The summed E-state index contributed by atoms with van der Waals surface area (Å²) in [6.07, 6.45) is 1.92. The first-order chi connectivity index (χ1) is 15.7. The number of carbonyl (C=O) groups is 1. The molecule has 0 unspecified atom stereocenters. The van der Waals surface area contributed by atoms with Gasteiger partial charge in [-0.25, -0.2) is 8.42 Å². The maximum atomic E-state index is 13.5. The van der Waals surface area contributed by atoms with Crippen LogP contribution >= 0.6 is 11.8 Å². The largest absolute Gasteiger partial charge is 0.494 e. The highest BCUT2D eigenvalue weighted by molar-refractivity contribution is 7.98. The van der Waals surface area contributed by atoms with Gasteiger partial charge in [0.25, 0.3) is 10.0 Å². The number of hydrogen-bond donors (Lipinski definition) is 1. The molecule has 1 N–H and O–H groups in total. The van der Waals surface area contributed by atoms with Gasteiger partial charge in [0.15, 0.2) is 0 Å². The lowest BCUT2D eigenvalue weighted by atomic mass is 10.1. The van der Waals surface area contributed by atoms with Crippen molar-refractivity contribution in [2.75, 3.05) is 29.0 Å². The first kappa shape index (κ1) is 24.7. The Bertz CT molecular complexity index is 1210. The van der Waals surface area contributed by atoms with E-state index < -0.39 is 15.9 Å². The van der Waals surface area contributed by atoms with Gasteiger partial charge in [-0.2, -0.15) is 0 Å². The van der Waals surface area contributed by atoms with Gasteiger partial charge in [-0.15, -0.1) is 11.8 Å². The van der Waals surface area contributed by atoms with Gasteiger partial charge in [0.1, 0.15) is 12.3 Å². The Morgan fingerprint density at radius 2 is 1.64 bits per heavy atom. The van der Waals surface area contributed by atoms with Crippen LogP contribution in [0, 0.1) is 13.8 Å². The average molecular weight is 485 g/mol. The molecule has 6 nitrogen and oxygen atoms in total. The third-order valence-corrected chi connectivity index (χ3v) is 7.69. The van der Waals surface area contributed by atoms with Crippen molar-refractivity contribution >= 4 is 39.1 Å². The summed E-state index contributed by atoms with van der Waals surface area (Å²) in [6, 6.07) is 18.9. The van der Waals surface area contributed by atoms with Gasteiger partial charge in [-0.05, 0) is 98.8 Å². The van der Waals surface area contributed by atoms with Gasteiger partial charge >= 0.3 is 0 Å². The van der Waals surface area contributed by atoms with E-state index in [2.05, 4.69) is 5.32 Å². The number of benzene rings is 3. The summed E-state index contributed by atoms with van der Waals surface area (Å²) in [5.74, 6) is 0.193. The second-order valence-corrected chi connectivity index (χ2v) is 10.2. The zero-order valence-electron chi connectivity index (χ0n) is 19.2. The smallest absolute Gasteiger partial charge is 0.264 e. The van der Waals surface area contributed by atoms with Crippen molar-refractivity contribution in [2.24, 2.45) is 0 Å². The molecule has 0 fully saturated rings. The van der Waals surface area contributed by atoms with Gasteiger partial charge < -0.3 is 10.1 Å². The quantitative estimate of drug-likeness (QED) is 0.420. The molecule has 3 rings (SSSR count). The van der Waals surface area contributed by atoms with Crippen molar-refractivity contribution in [1.29, 1.82) is 0 Å². The van der Waals surface area contributed by atoms with Crippen LogP contribution in [-0.4, -0.2) is 33.7 Å². The van der Waals surface area contributed by atoms with E-state index in [9.17, 15) is 13.2 Å². The van der Waals surface area contributed by atoms with Crippen molar-refractivity contribution < 1.29 is 17.9 Å². The lowest BCUT2D eigenvalue weighted by Crippen LogP contribution is -2.38. The molecule has 174 valence electrons. The number of aryl methyl sites for hydroxylation is 2. The molecule has 8 heteroatoms. The predicted octanol–water partition coefficient (Wildman–Crippen LogP) is 5.26. The molecule has 0 aliphatic carbocycles. The third-order valence-electron chi connectivity index (χ3n) is 5.16. The Hall–Kier alpha value is -2.97. The molecule has 0 saturated carbocycles. The van der Waals surface area contributed by atoms with Crippen LogP contribution in [0.1, 0.15) is 18.1 Å². The monoisotopic (exact) mass is 484 g/mol. The van der Waals surface area contributed by atoms with Crippen LogP contribution in [0.15, 0.2) is 76.5 Å². The molecule has 0 aliphatic rings. The summed E-state index contributed by atoms with van der Waals surface area (Å²) in [5.41, 5.74) is 3.15. The summed E-state index contributed by atoms with van der Waals surface area (Å²) < 4.78 is 33.7. The Morgan fingerprint density at radius 3 is 2.21 bits per heavy atom. The topological polar surface area (TPSA) is 75.7 Å². The van der Waals surface area contributed by atoms with E-state index in [4.69, 9.17) is 4.74 Å². The standard InChI is InChI=1S/C25H28N2O4S2/c1-5-31-22-10-8-21(9-11-22)27(33(29,30)24-14-12-23(32-4)13-15-24)17-25(28)26-20-7-6-18(2)19(3)16-20/h6-16H,5,17H2,1-4H3,(H,26,28). The van der Waals surface area contributed by atoms with Gasteiger partial charge in [0.2, 0.25) is 5.91 Å². The van der Waals surface area contributed by atoms with E-state index in [1.54, 1.807) is 54.6 Å². The lowest BCUT2D eigenvalue weighted by Gasteiger charge is -2.24. The van der Waals surface area contributed by atoms with Crippen LogP contribution in [0.3, 0.4) is 0 Å². The van der Waals surface area contributed by atoms with Crippen molar-refractivity contribution in [1.82, 2.24) is 0 Å². The molecule has 1 amide bonds. The van der Waals surface area contributed by atoms with E-state index in [0.29, 0.717) is 23.7 Å². The number of ether oxygens (including phenoxy) is 1. The maximum absolute atomic E-state index is 13.5. The Labute approximate surface area is 200 Å². The molecule has 0 aromatic heterocycles. The van der Waals surface area contributed by atoms with Crippen LogP contribution in [-0.2, 0) is 14.8 Å². The molecule has 0 bridgehead atoms. The van der Waals surface area contributed by atoms with Crippen LogP contribution in [0.2, 0.25) is 0 Å². The molecular weight excluding hydrogens is 456 g/mol. The molecule has 3 aromatic rings. The fourth-order valence-electron chi connectivity index (χ4n) is 3.22. The highest BCUT2D eigenvalue weighted by Crippen LogP contribution is 2.27. The van der Waals surface area contributed by atoms with Crippen molar-refractivity contribution in [3.05, 3.63) is 77.9 Å². The first-order valence-electron chi connectivity index (χ1n) is 10.5. The Balaban J connectivity index is 1.93. The third kappa shape index (κ3) is 6.09. The number of thioether (sulfide) groups is 1. The number of rotatable bonds is 9. The summed E-state index contributed by atoms with van der Waals surface area (Å²) in [6.45, 7) is 5.96. The molecule has 0 aliphatic heterocycles. The number of anilines is 2. The minimum absolute atomic E-state index is 0.119. The van der Waals surface area contributed by atoms with Gasteiger partial charge in [-0.1, -0.05) is 6.07 Å². The highest BCUT2D eigenvalue weighted by atomic mass is 32.2. The normalized spacial score (nSPS) is 11.2. The summed E-state index contributed by atoms with van der Waals surface area (Å²) in [5, 5.41) is 2.81. The fourth-order valence-corrected chi connectivity index (χ4v) is 5.04.